The van der Waals surface area contributed by atoms with Crippen LogP contribution in [0.1, 0.15) is 40.3 Å². The summed E-state index contributed by atoms with van der Waals surface area (Å²) in [6, 6.07) is 11.6. The van der Waals surface area contributed by atoms with E-state index in [4.69, 9.17) is 11.6 Å². The lowest BCUT2D eigenvalue weighted by atomic mass is 9.79. The van der Waals surface area contributed by atoms with Crippen molar-refractivity contribution in [1.82, 2.24) is 0 Å². The van der Waals surface area contributed by atoms with Gasteiger partial charge in [-0.05, 0) is 58.5 Å². The number of aryl methyl sites for hydroxylation is 1. The van der Waals surface area contributed by atoms with Gasteiger partial charge in [-0.15, -0.1) is 0 Å². The fourth-order valence-electron chi connectivity index (χ4n) is 3.06. The molecule has 110 valence electrons. The molecule has 1 aliphatic rings. The molecule has 21 heavy (non-hydrogen) atoms. The normalized spacial score (nSPS) is 19.1. The fourth-order valence-corrected chi connectivity index (χ4v) is 4.45. The van der Waals surface area contributed by atoms with Crippen LogP contribution in [0.25, 0.3) is 0 Å². The Morgan fingerprint density at radius 3 is 2.81 bits per heavy atom. The molecule has 4 heteroatoms. The SMILES string of the molecule is Fc1cc(Br)c(Cl)cc1C(Br)C1CCCc2ccccc21. The van der Waals surface area contributed by atoms with E-state index in [1.807, 2.05) is 0 Å². The van der Waals surface area contributed by atoms with E-state index in [1.165, 1.54) is 17.2 Å². The van der Waals surface area contributed by atoms with Crippen molar-refractivity contribution in [3.05, 3.63) is 68.4 Å². The predicted octanol–water partition coefficient (Wildman–Crippen LogP) is 6.80. The average Bonchev–Trinajstić information content (AvgIpc) is 2.49. The van der Waals surface area contributed by atoms with Gasteiger partial charge in [-0.25, -0.2) is 4.39 Å². The van der Waals surface area contributed by atoms with Crippen LogP contribution in [0, 0.1) is 5.82 Å². The van der Waals surface area contributed by atoms with Crippen molar-refractivity contribution < 1.29 is 4.39 Å². The molecule has 0 heterocycles. The maximum Gasteiger partial charge on any atom is 0.128 e. The lowest BCUT2D eigenvalue weighted by molar-refractivity contribution is 0.528. The van der Waals surface area contributed by atoms with E-state index in [0.29, 0.717) is 15.1 Å². The smallest absolute Gasteiger partial charge is 0.128 e. The van der Waals surface area contributed by atoms with Crippen LogP contribution in [-0.2, 0) is 6.42 Å². The van der Waals surface area contributed by atoms with Gasteiger partial charge in [0, 0.05) is 20.8 Å². The Balaban J connectivity index is 2.00. The molecule has 0 saturated carbocycles. The van der Waals surface area contributed by atoms with Crippen molar-refractivity contribution >= 4 is 43.5 Å². The largest absolute Gasteiger partial charge is 0.207 e. The number of hydrogen-bond acceptors (Lipinski definition) is 0. The first-order chi connectivity index (χ1) is 10.1. The number of halogens is 4. The Bertz CT molecular complexity index is 672. The van der Waals surface area contributed by atoms with E-state index < -0.39 is 0 Å². The molecule has 1 aliphatic carbocycles. The van der Waals surface area contributed by atoms with Gasteiger partial charge in [0.2, 0.25) is 0 Å². The number of rotatable bonds is 2. The lowest BCUT2D eigenvalue weighted by Crippen LogP contribution is -2.14. The van der Waals surface area contributed by atoms with E-state index in [2.05, 4.69) is 56.1 Å². The van der Waals surface area contributed by atoms with E-state index in [-0.39, 0.29) is 16.6 Å². The molecule has 0 aromatic heterocycles. The minimum absolute atomic E-state index is 0.0652. The summed E-state index contributed by atoms with van der Waals surface area (Å²) in [5, 5.41) is 0.542. The van der Waals surface area contributed by atoms with Crippen LogP contribution >= 0.6 is 43.5 Å². The van der Waals surface area contributed by atoms with Crippen LogP contribution in [0.3, 0.4) is 0 Å². The Hall–Kier alpha value is -0.380. The van der Waals surface area contributed by atoms with E-state index >= 15 is 0 Å². The second-order valence-corrected chi connectivity index (χ2v) is 7.64. The molecular weight excluding hydrogens is 418 g/mol. The van der Waals surface area contributed by atoms with Crippen molar-refractivity contribution in [3.63, 3.8) is 0 Å². The van der Waals surface area contributed by atoms with Crippen molar-refractivity contribution in [2.75, 3.05) is 0 Å². The van der Waals surface area contributed by atoms with Gasteiger partial charge in [-0.3, -0.25) is 0 Å². The summed E-state index contributed by atoms with van der Waals surface area (Å²) in [7, 11) is 0. The van der Waals surface area contributed by atoms with Crippen molar-refractivity contribution in [1.29, 1.82) is 0 Å². The molecule has 0 fully saturated rings. The van der Waals surface area contributed by atoms with Gasteiger partial charge in [0.05, 0.1) is 5.02 Å². The third kappa shape index (κ3) is 3.06. The Labute approximate surface area is 146 Å². The first kappa shape index (κ1) is 15.5. The van der Waals surface area contributed by atoms with Crippen LogP contribution in [-0.4, -0.2) is 0 Å². The Kier molecular flexibility index (Phi) is 4.72. The molecule has 2 aromatic rings. The van der Waals surface area contributed by atoms with Gasteiger partial charge in [-0.1, -0.05) is 51.8 Å². The molecule has 2 aromatic carbocycles. The zero-order valence-corrected chi connectivity index (χ0v) is 15.2. The second-order valence-electron chi connectivity index (χ2n) is 5.39. The molecule has 2 unspecified atom stereocenters. The summed E-state index contributed by atoms with van der Waals surface area (Å²) in [4.78, 5) is -0.0652. The van der Waals surface area contributed by atoms with E-state index in [9.17, 15) is 4.39 Å². The van der Waals surface area contributed by atoms with E-state index in [1.54, 1.807) is 6.07 Å². The topological polar surface area (TPSA) is 0 Å². The molecule has 2 atom stereocenters. The maximum atomic E-state index is 14.3. The highest BCUT2D eigenvalue weighted by molar-refractivity contribution is 9.10. The van der Waals surface area contributed by atoms with Crippen molar-refractivity contribution in [2.45, 2.75) is 30.0 Å². The minimum atomic E-state index is -0.226. The molecular formula is C17H14Br2ClF. The van der Waals surface area contributed by atoms with Gasteiger partial charge in [0.15, 0.2) is 0 Å². The third-order valence-corrected chi connectivity index (χ3v) is 6.43. The number of hydrogen-bond donors (Lipinski definition) is 0. The highest BCUT2D eigenvalue weighted by Crippen LogP contribution is 2.46. The molecule has 0 radical (unpaired) electrons. The second kappa shape index (κ2) is 6.39. The third-order valence-electron chi connectivity index (χ3n) is 4.11. The number of benzene rings is 2. The zero-order valence-electron chi connectivity index (χ0n) is 11.3. The van der Waals surface area contributed by atoms with Crippen LogP contribution in [0.2, 0.25) is 5.02 Å². The summed E-state index contributed by atoms with van der Waals surface area (Å²) >= 11 is 13.1. The first-order valence-corrected chi connectivity index (χ1v) is 9.03. The van der Waals surface area contributed by atoms with Gasteiger partial charge in [0.1, 0.15) is 5.82 Å². The standard InChI is InChI=1S/C17H14Br2ClF/c18-14-9-16(21)13(8-15(14)20)17(19)12-7-3-5-10-4-1-2-6-11(10)12/h1-2,4,6,8-9,12,17H,3,5,7H2. The zero-order chi connectivity index (χ0) is 15.0. The summed E-state index contributed by atoms with van der Waals surface area (Å²) < 4.78 is 14.9. The number of alkyl halides is 1. The minimum Gasteiger partial charge on any atom is -0.207 e. The molecule has 3 rings (SSSR count). The molecule has 0 aliphatic heterocycles. The molecule has 0 spiro atoms. The summed E-state index contributed by atoms with van der Waals surface area (Å²) in [6.07, 6.45) is 3.30. The molecule has 0 nitrogen and oxygen atoms in total. The van der Waals surface area contributed by atoms with Crippen LogP contribution < -0.4 is 0 Å². The highest BCUT2D eigenvalue weighted by Gasteiger charge is 2.29. The van der Waals surface area contributed by atoms with Crippen molar-refractivity contribution in [2.24, 2.45) is 0 Å². The summed E-state index contributed by atoms with van der Waals surface area (Å²) in [5.74, 6) is 0.0536. The lowest BCUT2D eigenvalue weighted by Gasteiger charge is -2.30. The van der Waals surface area contributed by atoms with Crippen LogP contribution in [0.4, 0.5) is 4.39 Å². The van der Waals surface area contributed by atoms with Gasteiger partial charge < -0.3 is 0 Å². The Morgan fingerprint density at radius 2 is 2.00 bits per heavy atom. The van der Waals surface area contributed by atoms with Gasteiger partial charge in [-0.2, -0.15) is 0 Å². The van der Waals surface area contributed by atoms with Gasteiger partial charge in [0.25, 0.3) is 0 Å². The molecule has 0 saturated heterocycles. The molecule has 0 N–H and O–H groups in total. The Morgan fingerprint density at radius 1 is 1.24 bits per heavy atom. The van der Waals surface area contributed by atoms with Crippen LogP contribution in [0.5, 0.6) is 0 Å². The highest BCUT2D eigenvalue weighted by atomic mass is 79.9. The first-order valence-electron chi connectivity index (χ1n) is 6.94. The number of fused-ring (bicyclic) bond motifs is 1. The predicted molar refractivity (Wildman–Crippen MR) is 92.9 cm³/mol. The summed E-state index contributed by atoms with van der Waals surface area (Å²) in [6.45, 7) is 0. The fraction of sp³-hybridized carbons (Fsp3) is 0.294. The molecule has 0 bridgehead atoms. The van der Waals surface area contributed by atoms with Crippen molar-refractivity contribution in [3.8, 4) is 0 Å². The monoisotopic (exact) mass is 430 g/mol. The molecule has 0 amide bonds. The maximum absolute atomic E-state index is 14.3. The average molecular weight is 433 g/mol. The summed E-state index contributed by atoms with van der Waals surface area (Å²) in [5.41, 5.74) is 3.33. The quantitative estimate of drug-likeness (QED) is 0.362. The van der Waals surface area contributed by atoms with Gasteiger partial charge >= 0.3 is 0 Å². The van der Waals surface area contributed by atoms with E-state index in [0.717, 1.165) is 19.3 Å². The van der Waals surface area contributed by atoms with Crippen LogP contribution in [0.15, 0.2) is 40.9 Å².